The van der Waals surface area contributed by atoms with Crippen LogP contribution < -0.4 is 33.2 Å². The Morgan fingerprint density at radius 1 is 0.780 bits per heavy atom. The Morgan fingerprint density at radius 3 is 1.88 bits per heavy atom. The van der Waals surface area contributed by atoms with Gasteiger partial charge in [-0.25, -0.2) is 4.79 Å². The molecular weight excluding hydrogens is 546 g/mol. The molecule has 0 aliphatic heterocycles. The molecule has 0 radical (unpaired) electrons. The molecule has 0 saturated carbocycles. The predicted octanol–water partition coefficient (Wildman–Crippen LogP) is -2.81. The van der Waals surface area contributed by atoms with Crippen LogP contribution in [0.4, 0.5) is 0 Å². The molecule has 0 bridgehead atoms. The van der Waals surface area contributed by atoms with E-state index in [2.05, 4.69) is 15.6 Å². The maximum absolute atomic E-state index is 13.1. The number of aliphatic imine (C=N–C) groups is 1. The maximum atomic E-state index is 13.1. The first-order valence-corrected chi connectivity index (χ1v) is 12.4. The van der Waals surface area contributed by atoms with Gasteiger partial charge in [0, 0.05) is 13.0 Å². The van der Waals surface area contributed by atoms with Crippen LogP contribution in [0.3, 0.4) is 0 Å². The number of carbonyl (C=O) groups is 6. The van der Waals surface area contributed by atoms with Crippen molar-refractivity contribution >= 4 is 41.6 Å². The predicted molar refractivity (Wildman–Crippen MR) is 142 cm³/mol. The maximum Gasteiger partial charge on any atom is 0.326 e. The van der Waals surface area contributed by atoms with E-state index in [4.69, 9.17) is 22.3 Å². The van der Waals surface area contributed by atoms with Crippen LogP contribution >= 0.6 is 0 Å². The fourth-order valence-electron chi connectivity index (χ4n) is 3.48. The van der Waals surface area contributed by atoms with Gasteiger partial charge in [0.05, 0.1) is 12.5 Å². The van der Waals surface area contributed by atoms with Crippen molar-refractivity contribution in [3.8, 4) is 5.75 Å². The number of aliphatic carboxylic acids is 3. The van der Waals surface area contributed by atoms with Gasteiger partial charge in [-0.05, 0) is 43.4 Å². The lowest BCUT2D eigenvalue weighted by molar-refractivity contribution is -0.144. The normalized spacial score (nSPS) is 13.5. The Bertz CT molecular complexity index is 1120. The molecule has 1 aromatic carbocycles. The highest BCUT2D eigenvalue weighted by Crippen LogP contribution is 2.11. The minimum absolute atomic E-state index is 0.0146. The quantitative estimate of drug-likeness (QED) is 0.0476. The lowest BCUT2D eigenvalue weighted by Crippen LogP contribution is -2.57. The van der Waals surface area contributed by atoms with Crippen molar-refractivity contribution in [2.45, 2.75) is 62.7 Å². The summed E-state index contributed by atoms with van der Waals surface area (Å²) >= 11 is 0. The van der Waals surface area contributed by atoms with Gasteiger partial charge in [0.2, 0.25) is 17.7 Å². The van der Waals surface area contributed by atoms with E-state index in [1.165, 1.54) is 12.1 Å². The van der Waals surface area contributed by atoms with Crippen LogP contribution in [0.15, 0.2) is 29.3 Å². The molecule has 1 rings (SSSR count). The smallest absolute Gasteiger partial charge is 0.326 e. The number of hydrogen-bond acceptors (Lipinski definition) is 9. The third-order valence-electron chi connectivity index (χ3n) is 5.58. The molecule has 1 aromatic rings. The van der Waals surface area contributed by atoms with Gasteiger partial charge in [0.1, 0.15) is 23.9 Å². The van der Waals surface area contributed by atoms with Crippen LogP contribution in [0.25, 0.3) is 0 Å². The van der Waals surface area contributed by atoms with E-state index in [9.17, 15) is 44.1 Å². The first kappa shape index (κ1) is 34.1. The number of benzene rings is 1. The summed E-state index contributed by atoms with van der Waals surface area (Å²) in [6.07, 6.45) is -1.87. The van der Waals surface area contributed by atoms with Crippen LogP contribution in [0.2, 0.25) is 0 Å². The van der Waals surface area contributed by atoms with Crippen molar-refractivity contribution in [2.24, 2.45) is 22.2 Å². The van der Waals surface area contributed by atoms with Gasteiger partial charge < -0.3 is 53.6 Å². The molecule has 0 aliphatic carbocycles. The van der Waals surface area contributed by atoms with E-state index in [0.29, 0.717) is 5.56 Å². The van der Waals surface area contributed by atoms with Gasteiger partial charge in [0.25, 0.3) is 0 Å². The van der Waals surface area contributed by atoms with Gasteiger partial charge in [-0.15, -0.1) is 0 Å². The first-order valence-electron chi connectivity index (χ1n) is 12.4. The number of phenolic OH excluding ortho intramolecular Hbond substituents is 1. The van der Waals surface area contributed by atoms with E-state index in [1.807, 2.05) is 5.32 Å². The molecule has 0 aliphatic rings. The van der Waals surface area contributed by atoms with Crippen molar-refractivity contribution in [1.82, 2.24) is 16.0 Å². The molecule has 4 unspecified atom stereocenters. The van der Waals surface area contributed by atoms with E-state index in [-0.39, 0.29) is 37.5 Å². The fourth-order valence-corrected chi connectivity index (χ4v) is 3.48. The highest BCUT2D eigenvalue weighted by molar-refractivity contribution is 5.95. The number of carbonyl (C=O) groups excluding carboxylic acids is 3. The number of hydrogen-bond donors (Lipinski definition) is 10. The number of rotatable bonds is 18. The Kier molecular flexibility index (Phi) is 14.1. The number of nitrogens with zero attached hydrogens (tertiary/aromatic N) is 1. The van der Waals surface area contributed by atoms with Gasteiger partial charge in [-0.2, -0.15) is 0 Å². The average molecular weight is 582 g/mol. The van der Waals surface area contributed by atoms with E-state index in [1.54, 1.807) is 12.1 Å². The number of guanidine groups is 1. The summed E-state index contributed by atoms with van der Waals surface area (Å²) in [4.78, 5) is 76.0. The lowest BCUT2D eigenvalue weighted by Gasteiger charge is -2.24. The minimum atomic E-state index is -1.77. The molecule has 3 amide bonds. The molecule has 0 fully saturated rings. The molecule has 226 valence electrons. The van der Waals surface area contributed by atoms with Crippen LogP contribution in [0, 0.1) is 0 Å². The molecule has 0 heterocycles. The van der Waals surface area contributed by atoms with E-state index < -0.39 is 79.1 Å². The molecule has 4 atom stereocenters. The van der Waals surface area contributed by atoms with Crippen molar-refractivity contribution < 1.29 is 49.2 Å². The molecule has 17 nitrogen and oxygen atoms in total. The summed E-state index contributed by atoms with van der Waals surface area (Å²) in [6.45, 7) is 0.0739. The molecule has 13 N–H and O–H groups in total. The summed E-state index contributed by atoms with van der Waals surface area (Å²) < 4.78 is 0. The lowest BCUT2D eigenvalue weighted by atomic mass is 10.0. The van der Waals surface area contributed by atoms with Gasteiger partial charge in [0.15, 0.2) is 5.96 Å². The Balaban J connectivity index is 3.05. The summed E-state index contributed by atoms with van der Waals surface area (Å²) in [5.41, 5.74) is 17.2. The summed E-state index contributed by atoms with van der Waals surface area (Å²) in [5, 5.41) is 43.4. The van der Waals surface area contributed by atoms with Crippen molar-refractivity contribution in [3.63, 3.8) is 0 Å². The average Bonchev–Trinajstić information content (AvgIpc) is 2.88. The van der Waals surface area contributed by atoms with Crippen molar-refractivity contribution in [3.05, 3.63) is 29.8 Å². The zero-order valence-corrected chi connectivity index (χ0v) is 22.0. The summed E-state index contributed by atoms with van der Waals surface area (Å²) in [6, 6.07) is 0.0311. The molecule has 41 heavy (non-hydrogen) atoms. The van der Waals surface area contributed by atoms with E-state index >= 15 is 0 Å². The monoisotopic (exact) mass is 581 g/mol. The molecule has 0 aromatic heterocycles. The van der Waals surface area contributed by atoms with Gasteiger partial charge >= 0.3 is 17.9 Å². The highest BCUT2D eigenvalue weighted by Gasteiger charge is 2.31. The molecule has 0 saturated heterocycles. The van der Waals surface area contributed by atoms with Crippen LogP contribution in [-0.2, 0) is 35.2 Å². The largest absolute Gasteiger partial charge is 0.508 e. The van der Waals surface area contributed by atoms with Crippen molar-refractivity contribution in [2.75, 3.05) is 6.54 Å². The zero-order valence-electron chi connectivity index (χ0n) is 22.0. The highest BCUT2D eigenvalue weighted by atomic mass is 16.4. The second kappa shape index (κ2) is 16.9. The number of phenols is 1. The van der Waals surface area contributed by atoms with Crippen LogP contribution in [-0.4, -0.2) is 92.7 Å². The molecule has 17 heteroatoms. The second-order valence-corrected chi connectivity index (χ2v) is 8.98. The number of nitrogens with one attached hydrogen (secondary N) is 3. The number of amides is 3. The van der Waals surface area contributed by atoms with Crippen molar-refractivity contribution in [1.29, 1.82) is 0 Å². The topological polar surface area (TPSA) is 310 Å². The summed E-state index contributed by atoms with van der Waals surface area (Å²) in [5.74, 6) is -7.49. The summed E-state index contributed by atoms with van der Waals surface area (Å²) in [7, 11) is 0. The molecule has 0 spiro atoms. The standard InChI is InChI=1S/C24H35N7O10/c25-14(10-12-3-5-13(32)6-4-12)20(37)29-15(2-1-9-28-24(26)27)21(38)31-17(11-19(35)36)22(39)30-16(23(40)41)7-8-18(33)34/h3-6,14-17,32H,1-2,7-11,25H2,(H,29,37)(H,30,39)(H,31,38)(H,33,34)(H,35,36)(H,40,41)(H4,26,27,28). The third-order valence-corrected chi connectivity index (χ3v) is 5.58. The van der Waals surface area contributed by atoms with E-state index in [0.717, 1.165) is 0 Å². The van der Waals surface area contributed by atoms with Crippen LogP contribution in [0.1, 0.15) is 37.7 Å². The van der Waals surface area contributed by atoms with Gasteiger partial charge in [-0.3, -0.25) is 29.0 Å². The van der Waals surface area contributed by atoms with Crippen LogP contribution in [0.5, 0.6) is 5.75 Å². The number of carboxylic acids is 3. The fraction of sp³-hybridized carbons (Fsp3) is 0.458. The Hall–Kier alpha value is -4.93. The SMILES string of the molecule is NC(N)=NCCCC(NC(=O)C(N)Cc1ccc(O)cc1)C(=O)NC(CC(=O)O)C(=O)NC(CCC(=O)O)C(=O)O. The number of nitrogens with two attached hydrogens (primary N) is 3. The first-order chi connectivity index (χ1) is 19.2. The second-order valence-electron chi connectivity index (χ2n) is 8.98. The Morgan fingerprint density at radius 2 is 1.34 bits per heavy atom. The third kappa shape index (κ3) is 13.6. The zero-order chi connectivity index (χ0) is 31.1. The minimum Gasteiger partial charge on any atom is -0.508 e. The molecular formula is C24H35N7O10. The van der Waals surface area contributed by atoms with Gasteiger partial charge in [-0.1, -0.05) is 12.1 Å². The number of aromatic hydroxyl groups is 1. The Labute approximate surface area is 234 Å². The number of carboxylic acid groups (broad SMARTS) is 3.